The summed E-state index contributed by atoms with van der Waals surface area (Å²) in [6.07, 6.45) is 0.764. The molecule has 1 N–H and O–H groups in total. The Hall–Kier alpha value is -2.85. The summed E-state index contributed by atoms with van der Waals surface area (Å²) in [7, 11) is 0. The van der Waals surface area contributed by atoms with Gasteiger partial charge in [0, 0.05) is 11.4 Å². The van der Waals surface area contributed by atoms with E-state index < -0.39 is 0 Å². The Morgan fingerprint density at radius 1 is 1.18 bits per heavy atom. The molecule has 2 aromatic rings. The largest absolute Gasteiger partial charge is 0.462 e. The first kappa shape index (κ1) is 21.5. The SMILES string of the molecule is CCCOC(=O)c1ccc(NC(=O)CSc2nc(C)c(C)c(C)c2C#N)cc1. The zero-order valence-electron chi connectivity index (χ0n) is 16.5. The highest BCUT2D eigenvalue weighted by Crippen LogP contribution is 2.26. The molecule has 1 aromatic heterocycles. The average molecular weight is 398 g/mol. The molecular weight excluding hydrogens is 374 g/mol. The quantitative estimate of drug-likeness (QED) is 0.557. The number of thioether (sulfide) groups is 1. The highest BCUT2D eigenvalue weighted by atomic mass is 32.2. The van der Waals surface area contributed by atoms with Gasteiger partial charge in [-0.2, -0.15) is 5.26 Å². The van der Waals surface area contributed by atoms with Crippen LogP contribution in [-0.2, 0) is 9.53 Å². The van der Waals surface area contributed by atoms with Gasteiger partial charge in [0.15, 0.2) is 0 Å². The van der Waals surface area contributed by atoms with E-state index in [1.807, 2.05) is 27.7 Å². The van der Waals surface area contributed by atoms with Gasteiger partial charge in [0.25, 0.3) is 0 Å². The molecule has 0 unspecified atom stereocenters. The summed E-state index contributed by atoms with van der Waals surface area (Å²) in [5, 5.41) is 12.7. The zero-order valence-corrected chi connectivity index (χ0v) is 17.3. The minimum absolute atomic E-state index is 0.129. The molecule has 0 saturated heterocycles. The number of nitrogens with one attached hydrogen (secondary N) is 1. The molecule has 0 atom stereocenters. The van der Waals surface area contributed by atoms with E-state index in [9.17, 15) is 14.9 Å². The van der Waals surface area contributed by atoms with Crippen molar-refractivity contribution >= 4 is 29.3 Å². The molecule has 28 heavy (non-hydrogen) atoms. The number of hydrogen-bond acceptors (Lipinski definition) is 6. The third kappa shape index (κ3) is 5.33. The molecule has 1 aromatic carbocycles. The van der Waals surface area contributed by atoms with E-state index >= 15 is 0 Å². The van der Waals surface area contributed by atoms with Crippen molar-refractivity contribution in [1.29, 1.82) is 5.26 Å². The van der Waals surface area contributed by atoms with Crippen molar-refractivity contribution in [2.45, 2.75) is 39.1 Å². The summed E-state index contributed by atoms with van der Waals surface area (Å²) in [5.74, 6) is -0.465. The minimum Gasteiger partial charge on any atom is -0.462 e. The van der Waals surface area contributed by atoms with Crippen molar-refractivity contribution in [2.24, 2.45) is 0 Å². The Kier molecular flexibility index (Phi) is 7.59. The molecule has 1 heterocycles. The van der Waals surface area contributed by atoms with Crippen LogP contribution in [0.25, 0.3) is 0 Å². The first-order chi connectivity index (χ1) is 13.4. The van der Waals surface area contributed by atoms with E-state index in [0.717, 1.165) is 23.2 Å². The highest BCUT2D eigenvalue weighted by molar-refractivity contribution is 8.00. The van der Waals surface area contributed by atoms with E-state index in [1.54, 1.807) is 24.3 Å². The van der Waals surface area contributed by atoms with Crippen LogP contribution in [-0.4, -0.2) is 29.2 Å². The number of benzene rings is 1. The number of hydrogen-bond donors (Lipinski definition) is 1. The molecule has 1 amide bonds. The van der Waals surface area contributed by atoms with Gasteiger partial charge in [0.1, 0.15) is 11.1 Å². The van der Waals surface area contributed by atoms with Gasteiger partial charge >= 0.3 is 5.97 Å². The van der Waals surface area contributed by atoms with Gasteiger partial charge in [0.2, 0.25) is 5.91 Å². The number of amides is 1. The topological polar surface area (TPSA) is 92.1 Å². The number of carbonyl (C=O) groups is 2. The van der Waals surface area contributed by atoms with Crippen molar-refractivity contribution in [3.05, 3.63) is 52.2 Å². The van der Waals surface area contributed by atoms with E-state index in [1.165, 1.54) is 11.8 Å². The van der Waals surface area contributed by atoms with Crippen molar-refractivity contribution in [1.82, 2.24) is 4.98 Å². The number of nitrogens with zero attached hydrogens (tertiary/aromatic N) is 2. The summed E-state index contributed by atoms with van der Waals surface area (Å²) in [6, 6.07) is 8.72. The van der Waals surface area contributed by atoms with Crippen LogP contribution < -0.4 is 5.32 Å². The number of ether oxygens (including phenoxy) is 1. The van der Waals surface area contributed by atoms with Crippen molar-refractivity contribution < 1.29 is 14.3 Å². The fraction of sp³-hybridized carbons (Fsp3) is 0.333. The predicted octanol–water partition coefficient (Wildman–Crippen LogP) is 4.18. The van der Waals surface area contributed by atoms with Crippen LogP contribution in [0.2, 0.25) is 0 Å². The lowest BCUT2D eigenvalue weighted by atomic mass is 10.1. The molecule has 7 heteroatoms. The molecule has 0 fully saturated rings. The maximum absolute atomic E-state index is 12.2. The summed E-state index contributed by atoms with van der Waals surface area (Å²) in [4.78, 5) is 28.5. The number of pyridine rings is 1. The number of aromatic nitrogens is 1. The van der Waals surface area contributed by atoms with Crippen LogP contribution in [0.4, 0.5) is 5.69 Å². The molecule has 0 aliphatic carbocycles. The maximum atomic E-state index is 12.2. The van der Waals surface area contributed by atoms with Crippen LogP contribution in [0, 0.1) is 32.1 Å². The maximum Gasteiger partial charge on any atom is 0.338 e. The predicted molar refractivity (Wildman–Crippen MR) is 110 cm³/mol. The van der Waals surface area contributed by atoms with Gasteiger partial charge < -0.3 is 10.1 Å². The first-order valence-electron chi connectivity index (χ1n) is 8.95. The monoisotopic (exact) mass is 397 g/mol. The Bertz CT molecular complexity index is 918. The lowest BCUT2D eigenvalue weighted by Crippen LogP contribution is -2.15. The van der Waals surface area contributed by atoms with Crippen LogP contribution in [0.1, 0.15) is 46.1 Å². The van der Waals surface area contributed by atoms with Crippen LogP contribution in [0.5, 0.6) is 0 Å². The van der Waals surface area contributed by atoms with Gasteiger partial charge in [-0.05, 0) is 62.6 Å². The lowest BCUT2D eigenvalue weighted by molar-refractivity contribution is -0.113. The van der Waals surface area contributed by atoms with E-state index in [4.69, 9.17) is 4.74 Å². The molecule has 0 radical (unpaired) electrons. The molecule has 146 valence electrons. The van der Waals surface area contributed by atoms with E-state index in [2.05, 4.69) is 16.4 Å². The molecule has 0 bridgehead atoms. The number of anilines is 1. The van der Waals surface area contributed by atoms with Crippen molar-refractivity contribution in [3.8, 4) is 6.07 Å². The Morgan fingerprint density at radius 3 is 2.46 bits per heavy atom. The number of nitriles is 1. The third-order valence-electron chi connectivity index (χ3n) is 4.26. The fourth-order valence-electron chi connectivity index (χ4n) is 2.45. The molecule has 0 spiro atoms. The Balaban J connectivity index is 1.98. The van der Waals surface area contributed by atoms with Gasteiger partial charge in [-0.3, -0.25) is 4.79 Å². The van der Waals surface area contributed by atoms with E-state index in [0.29, 0.717) is 28.4 Å². The van der Waals surface area contributed by atoms with Gasteiger partial charge in [-0.1, -0.05) is 18.7 Å². The molecule has 6 nitrogen and oxygen atoms in total. The Morgan fingerprint density at radius 2 is 1.86 bits per heavy atom. The second-order valence-electron chi connectivity index (χ2n) is 6.29. The minimum atomic E-state index is -0.379. The van der Waals surface area contributed by atoms with Crippen LogP contribution in [0.15, 0.2) is 29.3 Å². The molecule has 0 saturated carbocycles. The van der Waals surface area contributed by atoms with Crippen LogP contribution >= 0.6 is 11.8 Å². The highest BCUT2D eigenvalue weighted by Gasteiger charge is 2.14. The summed E-state index contributed by atoms with van der Waals surface area (Å²) >= 11 is 1.23. The number of esters is 1. The average Bonchev–Trinajstić information content (AvgIpc) is 2.69. The number of aryl methyl sites for hydroxylation is 1. The van der Waals surface area contributed by atoms with Crippen LogP contribution in [0.3, 0.4) is 0 Å². The second kappa shape index (κ2) is 9.90. The lowest BCUT2D eigenvalue weighted by Gasteiger charge is -2.11. The van der Waals surface area contributed by atoms with Crippen molar-refractivity contribution in [2.75, 3.05) is 17.7 Å². The summed E-state index contributed by atoms with van der Waals surface area (Å²) in [5.41, 5.74) is 4.27. The molecular formula is C21H23N3O3S. The number of rotatable bonds is 7. The summed E-state index contributed by atoms with van der Waals surface area (Å²) < 4.78 is 5.07. The zero-order chi connectivity index (χ0) is 20.7. The third-order valence-corrected chi connectivity index (χ3v) is 5.23. The smallest absolute Gasteiger partial charge is 0.338 e. The van der Waals surface area contributed by atoms with Crippen molar-refractivity contribution in [3.63, 3.8) is 0 Å². The summed E-state index contributed by atoms with van der Waals surface area (Å²) in [6.45, 7) is 8.02. The molecule has 0 aliphatic rings. The van der Waals surface area contributed by atoms with Gasteiger partial charge in [-0.25, -0.2) is 9.78 Å². The number of carbonyl (C=O) groups excluding carboxylic acids is 2. The standard InChI is InChI=1S/C21H23N3O3S/c1-5-10-27-21(26)16-6-8-17(9-7-16)24-19(25)12-28-20-18(11-22)14(3)13(2)15(4)23-20/h6-9H,5,10,12H2,1-4H3,(H,24,25). The fourth-order valence-corrected chi connectivity index (χ4v) is 3.33. The normalized spacial score (nSPS) is 10.2. The van der Waals surface area contributed by atoms with E-state index in [-0.39, 0.29) is 17.6 Å². The Labute approximate surface area is 169 Å². The molecule has 0 aliphatic heterocycles. The first-order valence-corrected chi connectivity index (χ1v) is 9.93. The second-order valence-corrected chi connectivity index (χ2v) is 7.25. The molecule has 2 rings (SSSR count). The van der Waals surface area contributed by atoms with Gasteiger partial charge in [0.05, 0.1) is 23.5 Å². The van der Waals surface area contributed by atoms with Gasteiger partial charge in [-0.15, -0.1) is 0 Å².